The summed E-state index contributed by atoms with van der Waals surface area (Å²) < 4.78 is 0. The first-order valence-electron chi connectivity index (χ1n) is 11.5. The number of carbonyl (C=O) groups is 2. The molecule has 0 aromatic heterocycles. The SMILES string of the molecule is O=C(CC1CCCC1)NC(=S)Nc1ccccc1C(=O)Nc1ccc(Nc2ccccc2)cc1. The van der Waals surface area contributed by atoms with Crippen molar-refractivity contribution >= 4 is 51.9 Å². The van der Waals surface area contributed by atoms with Gasteiger partial charge in [-0.25, -0.2) is 0 Å². The molecule has 1 aliphatic rings. The summed E-state index contributed by atoms with van der Waals surface area (Å²) in [5.74, 6) is 0.0811. The predicted molar refractivity (Wildman–Crippen MR) is 142 cm³/mol. The van der Waals surface area contributed by atoms with Crippen molar-refractivity contribution in [3.05, 3.63) is 84.4 Å². The van der Waals surface area contributed by atoms with Crippen molar-refractivity contribution in [2.24, 2.45) is 5.92 Å². The summed E-state index contributed by atoms with van der Waals surface area (Å²) in [5, 5.41) is 12.2. The van der Waals surface area contributed by atoms with E-state index in [0.717, 1.165) is 24.2 Å². The summed E-state index contributed by atoms with van der Waals surface area (Å²) in [6, 6.07) is 24.4. The van der Waals surface area contributed by atoms with Gasteiger partial charge in [0.15, 0.2) is 5.11 Å². The van der Waals surface area contributed by atoms with Crippen LogP contribution in [0.1, 0.15) is 42.5 Å². The highest BCUT2D eigenvalue weighted by Crippen LogP contribution is 2.27. The van der Waals surface area contributed by atoms with Gasteiger partial charge in [0.2, 0.25) is 5.91 Å². The Kier molecular flexibility index (Phi) is 7.88. The van der Waals surface area contributed by atoms with Crippen LogP contribution in [0, 0.1) is 5.92 Å². The smallest absolute Gasteiger partial charge is 0.257 e. The number of carbonyl (C=O) groups excluding carboxylic acids is 2. The van der Waals surface area contributed by atoms with Crippen LogP contribution < -0.4 is 21.3 Å². The molecular weight excluding hydrogens is 444 g/mol. The second-order valence-corrected chi connectivity index (χ2v) is 8.83. The van der Waals surface area contributed by atoms with Crippen LogP contribution in [-0.2, 0) is 4.79 Å². The molecule has 0 bridgehead atoms. The van der Waals surface area contributed by atoms with Crippen LogP contribution in [0.15, 0.2) is 78.9 Å². The van der Waals surface area contributed by atoms with Gasteiger partial charge in [0.1, 0.15) is 0 Å². The zero-order chi connectivity index (χ0) is 23.8. The van der Waals surface area contributed by atoms with Crippen molar-refractivity contribution < 1.29 is 9.59 Å². The van der Waals surface area contributed by atoms with E-state index in [1.807, 2.05) is 60.7 Å². The summed E-state index contributed by atoms with van der Waals surface area (Å²) in [6.07, 6.45) is 5.06. The van der Waals surface area contributed by atoms with Gasteiger partial charge in [-0.3, -0.25) is 9.59 Å². The lowest BCUT2D eigenvalue weighted by molar-refractivity contribution is -0.120. The second kappa shape index (κ2) is 11.4. The molecule has 4 N–H and O–H groups in total. The van der Waals surface area contributed by atoms with Gasteiger partial charge in [-0.15, -0.1) is 0 Å². The molecule has 0 unspecified atom stereocenters. The summed E-state index contributed by atoms with van der Waals surface area (Å²) >= 11 is 5.32. The molecule has 174 valence electrons. The van der Waals surface area contributed by atoms with E-state index in [9.17, 15) is 9.59 Å². The van der Waals surface area contributed by atoms with Gasteiger partial charge in [0.25, 0.3) is 5.91 Å². The molecule has 34 heavy (non-hydrogen) atoms. The Bertz CT molecular complexity index is 1140. The summed E-state index contributed by atoms with van der Waals surface area (Å²) in [4.78, 5) is 25.2. The lowest BCUT2D eigenvalue weighted by atomic mass is 10.0. The molecule has 1 saturated carbocycles. The molecular formula is C27H28N4O2S. The van der Waals surface area contributed by atoms with E-state index in [-0.39, 0.29) is 16.9 Å². The highest BCUT2D eigenvalue weighted by molar-refractivity contribution is 7.80. The van der Waals surface area contributed by atoms with Crippen molar-refractivity contribution in [3.8, 4) is 0 Å². The van der Waals surface area contributed by atoms with E-state index in [4.69, 9.17) is 12.2 Å². The topological polar surface area (TPSA) is 82.3 Å². The number of nitrogens with one attached hydrogen (secondary N) is 4. The van der Waals surface area contributed by atoms with Gasteiger partial charge in [0.05, 0.1) is 11.3 Å². The molecule has 0 heterocycles. The minimum atomic E-state index is -0.271. The first-order valence-corrected chi connectivity index (χ1v) is 11.9. The van der Waals surface area contributed by atoms with Crippen LogP contribution in [0.3, 0.4) is 0 Å². The normalized spacial score (nSPS) is 13.2. The lowest BCUT2D eigenvalue weighted by Crippen LogP contribution is -2.35. The third-order valence-corrected chi connectivity index (χ3v) is 6.03. The van der Waals surface area contributed by atoms with Crippen molar-refractivity contribution in [2.75, 3.05) is 16.0 Å². The molecule has 3 aromatic rings. The molecule has 0 radical (unpaired) electrons. The van der Waals surface area contributed by atoms with Crippen LogP contribution in [0.5, 0.6) is 0 Å². The summed E-state index contributed by atoms with van der Waals surface area (Å²) in [5.41, 5.74) is 3.55. The minimum Gasteiger partial charge on any atom is -0.356 e. The summed E-state index contributed by atoms with van der Waals surface area (Å²) in [7, 11) is 0. The Morgan fingerprint density at radius 3 is 2.12 bits per heavy atom. The monoisotopic (exact) mass is 472 g/mol. The molecule has 3 aromatic carbocycles. The van der Waals surface area contributed by atoms with Crippen LogP contribution in [0.2, 0.25) is 0 Å². The number of anilines is 4. The minimum absolute atomic E-state index is 0.0875. The van der Waals surface area contributed by atoms with Crippen LogP contribution in [0.25, 0.3) is 0 Å². The fraction of sp³-hybridized carbons (Fsp3) is 0.222. The second-order valence-electron chi connectivity index (χ2n) is 8.42. The maximum atomic E-state index is 12.9. The Morgan fingerprint density at radius 2 is 1.38 bits per heavy atom. The maximum absolute atomic E-state index is 12.9. The fourth-order valence-electron chi connectivity index (χ4n) is 4.12. The molecule has 7 heteroatoms. The van der Waals surface area contributed by atoms with Gasteiger partial charge in [-0.2, -0.15) is 0 Å². The average molecular weight is 473 g/mol. The van der Waals surface area contributed by atoms with E-state index in [2.05, 4.69) is 21.3 Å². The van der Waals surface area contributed by atoms with Gasteiger partial charge < -0.3 is 21.3 Å². The number of hydrogen-bond acceptors (Lipinski definition) is 4. The van der Waals surface area contributed by atoms with Gasteiger partial charge in [-0.1, -0.05) is 43.2 Å². The Hall–Kier alpha value is -3.71. The van der Waals surface area contributed by atoms with Crippen LogP contribution in [0.4, 0.5) is 22.7 Å². The van der Waals surface area contributed by atoms with Crippen molar-refractivity contribution in [2.45, 2.75) is 32.1 Å². The van der Waals surface area contributed by atoms with Crippen molar-refractivity contribution in [1.82, 2.24) is 5.32 Å². The Labute approximate surface area is 205 Å². The van der Waals surface area contributed by atoms with Crippen LogP contribution in [-0.4, -0.2) is 16.9 Å². The van der Waals surface area contributed by atoms with Crippen molar-refractivity contribution in [1.29, 1.82) is 0 Å². The first kappa shape index (κ1) is 23.4. The van der Waals surface area contributed by atoms with E-state index < -0.39 is 0 Å². The van der Waals surface area contributed by atoms with Crippen LogP contribution >= 0.6 is 12.2 Å². The van der Waals surface area contributed by atoms with Crippen molar-refractivity contribution in [3.63, 3.8) is 0 Å². The quantitative estimate of drug-likeness (QED) is 0.314. The molecule has 4 rings (SSSR count). The number of rotatable bonds is 7. The largest absolute Gasteiger partial charge is 0.356 e. The number of thiocarbonyl (C=S) groups is 1. The third-order valence-electron chi connectivity index (χ3n) is 5.83. The molecule has 0 atom stereocenters. The molecule has 0 spiro atoms. The van der Waals surface area contributed by atoms with E-state index in [0.29, 0.717) is 29.3 Å². The summed E-state index contributed by atoms with van der Waals surface area (Å²) in [6.45, 7) is 0. The predicted octanol–water partition coefficient (Wildman–Crippen LogP) is 6.08. The standard InChI is InChI=1S/C27H28N4O2S/c32-25(18-19-8-4-5-9-19)31-27(34)30-24-13-7-6-12-23(24)26(33)29-22-16-14-21(15-17-22)28-20-10-2-1-3-11-20/h1-3,6-7,10-17,19,28H,4-5,8-9,18H2,(H,29,33)(H2,30,31,32,34). The maximum Gasteiger partial charge on any atom is 0.257 e. The molecule has 0 saturated heterocycles. The van der Waals surface area contributed by atoms with E-state index in [1.165, 1.54) is 12.8 Å². The third kappa shape index (κ3) is 6.65. The number of amides is 2. The highest BCUT2D eigenvalue weighted by Gasteiger charge is 2.19. The first-order chi connectivity index (χ1) is 16.6. The molecule has 1 aliphatic carbocycles. The van der Waals surface area contributed by atoms with Gasteiger partial charge >= 0.3 is 0 Å². The highest BCUT2D eigenvalue weighted by atomic mass is 32.1. The Balaban J connectivity index is 1.34. The molecule has 6 nitrogen and oxygen atoms in total. The molecule has 0 aliphatic heterocycles. The fourth-order valence-corrected chi connectivity index (χ4v) is 4.35. The number of para-hydroxylation sites is 2. The van der Waals surface area contributed by atoms with Gasteiger partial charge in [-0.05, 0) is 79.5 Å². The van der Waals surface area contributed by atoms with E-state index >= 15 is 0 Å². The lowest BCUT2D eigenvalue weighted by Gasteiger charge is -2.15. The van der Waals surface area contributed by atoms with Gasteiger partial charge in [0, 0.05) is 23.5 Å². The zero-order valence-electron chi connectivity index (χ0n) is 18.8. The number of hydrogen-bond donors (Lipinski definition) is 4. The van der Waals surface area contributed by atoms with E-state index in [1.54, 1.807) is 18.2 Å². The zero-order valence-corrected chi connectivity index (χ0v) is 19.7. The Morgan fingerprint density at radius 1 is 0.765 bits per heavy atom. The number of benzene rings is 3. The molecule has 2 amide bonds. The average Bonchev–Trinajstić information content (AvgIpc) is 3.34. The molecule has 1 fully saturated rings.